The first-order valence-corrected chi connectivity index (χ1v) is 3.89. The van der Waals surface area contributed by atoms with Crippen LogP contribution < -0.4 is 0 Å². The number of halogens is 1. The third kappa shape index (κ3) is 4.45. The molecule has 50 valence electrons. The van der Waals surface area contributed by atoms with E-state index in [0.29, 0.717) is 5.38 Å². The van der Waals surface area contributed by atoms with Crippen LogP contribution in [0.1, 0.15) is 39.5 Å². The number of alkyl halides is 1. The largest absolute Gasteiger partial charge is 0.123 e. The predicted octanol–water partition coefficient (Wildman–Crippen LogP) is 3.19. The molecule has 1 atom stereocenters. The topological polar surface area (TPSA) is 0 Å². The molecule has 0 saturated heterocycles. The Hall–Kier alpha value is 0.290. The highest BCUT2D eigenvalue weighted by Gasteiger charge is 1.97. The summed E-state index contributed by atoms with van der Waals surface area (Å²) in [7, 11) is 0. The number of hydrogen-bond acceptors (Lipinski definition) is 0. The van der Waals surface area contributed by atoms with Crippen LogP contribution in [0.4, 0.5) is 0 Å². The van der Waals surface area contributed by atoms with Gasteiger partial charge < -0.3 is 0 Å². The van der Waals surface area contributed by atoms with Crippen LogP contribution in [0.25, 0.3) is 0 Å². The Labute approximate surface area is 57.2 Å². The molecule has 0 aromatic carbocycles. The Morgan fingerprint density at radius 3 is 2.38 bits per heavy atom. The van der Waals surface area contributed by atoms with Crippen molar-refractivity contribution in [3.05, 3.63) is 0 Å². The lowest BCUT2D eigenvalue weighted by molar-refractivity contribution is 0.664. The second kappa shape index (κ2) is 5.43. The van der Waals surface area contributed by atoms with Crippen LogP contribution in [-0.4, -0.2) is 5.38 Å². The maximum Gasteiger partial charge on any atom is 0.0333 e. The molecule has 0 aliphatic heterocycles. The van der Waals surface area contributed by atoms with E-state index in [1.807, 2.05) is 0 Å². The SMILES string of the molecule is CCCC[C@@H](Cl)CC. The van der Waals surface area contributed by atoms with Gasteiger partial charge in [0.2, 0.25) is 0 Å². The molecule has 0 N–H and O–H groups in total. The van der Waals surface area contributed by atoms with E-state index < -0.39 is 0 Å². The van der Waals surface area contributed by atoms with Crippen LogP contribution in [-0.2, 0) is 0 Å². The minimum atomic E-state index is 0.426. The summed E-state index contributed by atoms with van der Waals surface area (Å²) in [6.07, 6.45) is 4.85. The van der Waals surface area contributed by atoms with Crippen molar-refractivity contribution in [2.75, 3.05) is 0 Å². The van der Waals surface area contributed by atoms with Gasteiger partial charge in [0, 0.05) is 5.38 Å². The lowest BCUT2D eigenvalue weighted by Crippen LogP contribution is -1.93. The maximum atomic E-state index is 5.84. The van der Waals surface area contributed by atoms with E-state index in [1.165, 1.54) is 19.3 Å². The van der Waals surface area contributed by atoms with Crippen molar-refractivity contribution in [1.82, 2.24) is 0 Å². The van der Waals surface area contributed by atoms with E-state index >= 15 is 0 Å². The van der Waals surface area contributed by atoms with E-state index in [1.54, 1.807) is 0 Å². The maximum absolute atomic E-state index is 5.84. The Morgan fingerprint density at radius 1 is 1.38 bits per heavy atom. The second-order valence-electron chi connectivity index (χ2n) is 2.15. The van der Waals surface area contributed by atoms with Gasteiger partial charge in [-0.1, -0.05) is 26.7 Å². The molecule has 0 rings (SSSR count). The van der Waals surface area contributed by atoms with Gasteiger partial charge in [0.15, 0.2) is 0 Å². The molecule has 0 aliphatic rings. The molecule has 0 aromatic rings. The molecular formula is C7H15Cl. The third-order valence-corrected chi connectivity index (χ3v) is 1.84. The Balaban J connectivity index is 2.86. The lowest BCUT2D eigenvalue weighted by Gasteiger charge is -2.01. The zero-order chi connectivity index (χ0) is 6.41. The van der Waals surface area contributed by atoms with Gasteiger partial charge in [0.1, 0.15) is 0 Å². The fourth-order valence-corrected chi connectivity index (χ4v) is 0.784. The number of unbranched alkanes of at least 4 members (excludes halogenated alkanes) is 1. The highest BCUT2D eigenvalue weighted by atomic mass is 35.5. The normalized spacial score (nSPS) is 13.9. The molecule has 0 fully saturated rings. The first kappa shape index (κ1) is 8.29. The quantitative estimate of drug-likeness (QED) is 0.518. The standard InChI is InChI=1S/C7H15Cl/c1-3-5-6-7(8)4-2/h7H,3-6H2,1-2H3/t7-/m0/s1. The van der Waals surface area contributed by atoms with E-state index in [-0.39, 0.29) is 0 Å². The first-order chi connectivity index (χ1) is 3.81. The van der Waals surface area contributed by atoms with Gasteiger partial charge in [0.25, 0.3) is 0 Å². The summed E-state index contributed by atoms with van der Waals surface area (Å²) in [4.78, 5) is 0. The van der Waals surface area contributed by atoms with Crippen LogP contribution in [0.5, 0.6) is 0 Å². The van der Waals surface area contributed by atoms with Crippen LogP contribution in [0.3, 0.4) is 0 Å². The van der Waals surface area contributed by atoms with E-state index in [2.05, 4.69) is 13.8 Å². The molecule has 0 radical (unpaired) electrons. The summed E-state index contributed by atoms with van der Waals surface area (Å²) >= 11 is 5.84. The van der Waals surface area contributed by atoms with Crippen molar-refractivity contribution in [2.24, 2.45) is 0 Å². The summed E-state index contributed by atoms with van der Waals surface area (Å²) in [6, 6.07) is 0. The fourth-order valence-electron chi connectivity index (χ4n) is 0.630. The molecule has 0 aromatic heterocycles. The van der Waals surface area contributed by atoms with Crippen LogP contribution in [0, 0.1) is 0 Å². The third-order valence-electron chi connectivity index (χ3n) is 1.31. The highest BCUT2D eigenvalue weighted by molar-refractivity contribution is 6.20. The first-order valence-electron chi connectivity index (χ1n) is 3.45. The predicted molar refractivity (Wildman–Crippen MR) is 39.5 cm³/mol. The van der Waals surface area contributed by atoms with Crippen LogP contribution in [0.15, 0.2) is 0 Å². The second-order valence-corrected chi connectivity index (χ2v) is 2.76. The monoisotopic (exact) mass is 134 g/mol. The molecule has 0 heterocycles. The zero-order valence-electron chi connectivity index (χ0n) is 5.78. The molecule has 0 unspecified atom stereocenters. The average molecular weight is 135 g/mol. The molecule has 0 spiro atoms. The summed E-state index contributed by atoms with van der Waals surface area (Å²) in [5.41, 5.74) is 0. The van der Waals surface area contributed by atoms with Crippen LogP contribution in [0.2, 0.25) is 0 Å². The highest BCUT2D eigenvalue weighted by Crippen LogP contribution is 2.09. The van der Waals surface area contributed by atoms with E-state index in [4.69, 9.17) is 11.6 Å². The summed E-state index contributed by atoms with van der Waals surface area (Å²) in [5, 5.41) is 0.426. The van der Waals surface area contributed by atoms with Gasteiger partial charge in [-0.25, -0.2) is 0 Å². The number of rotatable bonds is 4. The van der Waals surface area contributed by atoms with Crippen molar-refractivity contribution < 1.29 is 0 Å². The minimum absolute atomic E-state index is 0.426. The Bertz CT molecular complexity index is 43.7. The van der Waals surface area contributed by atoms with Crippen molar-refractivity contribution >= 4 is 11.6 Å². The molecule has 0 aliphatic carbocycles. The van der Waals surface area contributed by atoms with Gasteiger partial charge in [-0.15, -0.1) is 11.6 Å². The van der Waals surface area contributed by atoms with E-state index in [0.717, 1.165) is 6.42 Å². The van der Waals surface area contributed by atoms with E-state index in [9.17, 15) is 0 Å². The molecule has 1 heteroatoms. The lowest BCUT2D eigenvalue weighted by atomic mass is 10.2. The van der Waals surface area contributed by atoms with Crippen molar-refractivity contribution in [3.8, 4) is 0 Å². The minimum Gasteiger partial charge on any atom is -0.123 e. The molecule has 8 heavy (non-hydrogen) atoms. The van der Waals surface area contributed by atoms with Gasteiger partial charge in [-0.3, -0.25) is 0 Å². The van der Waals surface area contributed by atoms with Gasteiger partial charge in [0.05, 0.1) is 0 Å². The molecule has 0 amide bonds. The molecule has 0 bridgehead atoms. The number of hydrogen-bond donors (Lipinski definition) is 0. The Morgan fingerprint density at radius 2 is 2.00 bits per heavy atom. The van der Waals surface area contributed by atoms with Crippen LogP contribution >= 0.6 is 11.6 Å². The fraction of sp³-hybridized carbons (Fsp3) is 1.00. The smallest absolute Gasteiger partial charge is 0.0333 e. The molecule has 0 nitrogen and oxygen atoms in total. The molecular weight excluding hydrogens is 120 g/mol. The molecule has 0 saturated carbocycles. The van der Waals surface area contributed by atoms with Gasteiger partial charge in [-0.2, -0.15) is 0 Å². The van der Waals surface area contributed by atoms with Crippen molar-refractivity contribution in [2.45, 2.75) is 44.9 Å². The summed E-state index contributed by atoms with van der Waals surface area (Å²) < 4.78 is 0. The van der Waals surface area contributed by atoms with Gasteiger partial charge >= 0.3 is 0 Å². The average Bonchev–Trinajstić information content (AvgIpc) is 1.83. The Kier molecular flexibility index (Phi) is 5.62. The van der Waals surface area contributed by atoms with Crippen molar-refractivity contribution in [3.63, 3.8) is 0 Å². The zero-order valence-corrected chi connectivity index (χ0v) is 6.54. The van der Waals surface area contributed by atoms with Gasteiger partial charge in [-0.05, 0) is 12.8 Å². The summed E-state index contributed by atoms with van der Waals surface area (Å²) in [6.45, 7) is 4.33. The van der Waals surface area contributed by atoms with Crippen molar-refractivity contribution in [1.29, 1.82) is 0 Å². The summed E-state index contributed by atoms with van der Waals surface area (Å²) in [5.74, 6) is 0.